The van der Waals surface area contributed by atoms with E-state index in [0.29, 0.717) is 6.54 Å². The Balaban J connectivity index is 3.36. The predicted octanol–water partition coefficient (Wildman–Crippen LogP) is 2.45. The van der Waals surface area contributed by atoms with Gasteiger partial charge >= 0.3 is 5.69 Å². The highest BCUT2D eigenvalue weighted by molar-refractivity contribution is 5.55. The van der Waals surface area contributed by atoms with E-state index in [-0.39, 0.29) is 17.2 Å². The smallest absolute Gasteiger partial charge is 0.258 e. The molecule has 0 aromatic carbocycles. The molecular formula is C7H10N6O2. The molecule has 0 N–H and O–H groups in total. The van der Waals surface area contributed by atoms with Gasteiger partial charge in [0.05, 0.1) is 4.92 Å². The van der Waals surface area contributed by atoms with Gasteiger partial charge in [0.1, 0.15) is 5.69 Å². The van der Waals surface area contributed by atoms with Gasteiger partial charge in [0, 0.05) is 11.5 Å². The highest BCUT2D eigenvalue weighted by atomic mass is 16.6. The molecule has 80 valence electrons. The van der Waals surface area contributed by atoms with E-state index in [9.17, 15) is 10.1 Å². The maximum absolute atomic E-state index is 10.7. The van der Waals surface area contributed by atoms with Gasteiger partial charge in [0.25, 0.3) is 0 Å². The van der Waals surface area contributed by atoms with Crippen LogP contribution in [0.1, 0.15) is 19.0 Å². The fraction of sp³-hybridized carbons (Fsp3) is 0.571. The zero-order valence-electron chi connectivity index (χ0n) is 8.41. The van der Waals surface area contributed by atoms with Crippen LogP contribution >= 0.6 is 0 Å². The van der Waals surface area contributed by atoms with Crippen LogP contribution in [0.4, 0.5) is 11.5 Å². The van der Waals surface area contributed by atoms with Crippen LogP contribution in [0.3, 0.4) is 0 Å². The third kappa shape index (κ3) is 2.05. The third-order valence-corrected chi connectivity index (χ3v) is 1.83. The lowest BCUT2D eigenvalue weighted by Gasteiger charge is -1.98. The number of nitro groups is 1. The standard InChI is InChI=1S/C7H10N6O2/c1-3-4-12-7(9-11-8)6(13(14)15)5(2)10-12/h3-4H2,1-2H3. The minimum absolute atomic E-state index is 0.0261. The average molecular weight is 210 g/mol. The predicted molar refractivity (Wildman–Crippen MR) is 52.7 cm³/mol. The second-order valence-electron chi connectivity index (χ2n) is 2.93. The number of aromatic nitrogens is 2. The van der Waals surface area contributed by atoms with Crippen LogP contribution in [0.2, 0.25) is 0 Å². The summed E-state index contributed by atoms with van der Waals surface area (Å²) in [6.45, 7) is 3.91. The van der Waals surface area contributed by atoms with E-state index in [4.69, 9.17) is 5.53 Å². The molecule has 15 heavy (non-hydrogen) atoms. The van der Waals surface area contributed by atoms with Crippen molar-refractivity contribution in [2.45, 2.75) is 26.8 Å². The van der Waals surface area contributed by atoms with Crippen molar-refractivity contribution in [3.63, 3.8) is 0 Å². The molecule has 0 saturated carbocycles. The van der Waals surface area contributed by atoms with Crippen molar-refractivity contribution in [3.05, 3.63) is 26.3 Å². The largest absolute Gasteiger partial charge is 0.319 e. The quantitative estimate of drug-likeness (QED) is 0.250. The van der Waals surface area contributed by atoms with Crippen LogP contribution in [0, 0.1) is 17.0 Å². The first kappa shape index (κ1) is 11.0. The summed E-state index contributed by atoms with van der Waals surface area (Å²) in [7, 11) is 0. The van der Waals surface area contributed by atoms with Gasteiger partial charge in [0.2, 0.25) is 5.82 Å². The first-order chi connectivity index (χ1) is 7.11. The molecule has 0 fully saturated rings. The molecule has 1 aromatic heterocycles. The van der Waals surface area contributed by atoms with Gasteiger partial charge < -0.3 is 0 Å². The van der Waals surface area contributed by atoms with Crippen LogP contribution in [-0.2, 0) is 6.54 Å². The lowest BCUT2D eigenvalue weighted by molar-refractivity contribution is -0.384. The zero-order valence-corrected chi connectivity index (χ0v) is 8.41. The van der Waals surface area contributed by atoms with Crippen LogP contribution < -0.4 is 0 Å². The number of hydrogen-bond donors (Lipinski definition) is 0. The molecule has 0 aliphatic carbocycles. The van der Waals surface area contributed by atoms with Gasteiger partial charge in [-0.25, -0.2) is 0 Å². The molecule has 0 spiro atoms. The minimum Gasteiger partial charge on any atom is -0.258 e. The number of azide groups is 1. The van der Waals surface area contributed by atoms with E-state index >= 15 is 0 Å². The van der Waals surface area contributed by atoms with Gasteiger partial charge in [0.15, 0.2) is 0 Å². The monoisotopic (exact) mass is 210 g/mol. The molecule has 1 rings (SSSR count). The van der Waals surface area contributed by atoms with Crippen LogP contribution in [0.5, 0.6) is 0 Å². The lowest BCUT2D eigenvalue weighted by Crippen LogP contribution is -1.98. The Morgan fingerprint density at radius 2 is 2.40 bits per heavy atom. The summed E-state index contributed by atoms with van der Waals surface area (Å²) in [4.78, 5) is 12.7. The first-order valence-electron chi connectivity index (χ1n) is 4.38. The second-order valence-corrected chi connectivity index (χ2v) is 2.93. The van der Waals surface area contributed by atoms with Crippen molar-refractivity contribution >= 4 is 11.5 Å². The van der Waals surface area contributed by atoms with Crippen molar-refractivity contribution in [2.75, 3.05) is 0 Å². The van der Waals surface area contributed by atoms with Crippen molar-refractivity contribution in [1.29, 1.82) is 0 Å². The van der Waals surface area contributed by atoms with Crippen LogP contribution in [0.15, 0.2) is 5.11 Å². The second kappa shape index (κ2) is 4.43. The Hall–Kier alpha value is -2.08. The fourth-order valence-corrected chi connectivity index (χ4v) is 1.28. The molecule has 0 atom stereocenters. The summed E-state index contributed by atoms with van der Waals surface area (Å²) in [5, 5.41) is 18.0. The third-order valence-electron chi connectivity index (χ3n) is 1.83. The normalized spacial score (nSPS) is 9.73. The molecule has 0 radical (unpaired) electrons. The Morgan fingerprint density at radius 1 is 1.73 bits per heavy atom. The molecule has 0 aliphatic rings. The van der Waals surface area contributed by atoms with E-state index in [0.717, 1.165) is 6.42 Å². The fourth-order valence-electron chi connectivity index (χ4n) is 1.28. The highest BCUT2D eigenvalue weighted by Gasteiger charge is 2.23. The Morgan fingerprint density at radius 3 is 2.87 bits per heavy atom. The molecule has 0 amide bonds. The summed E-state index contributed by atoms with van der Waals surface area (Å²) >= 11 is 0. The SMILES string of the molecule is CCCn1nc(C)c([N+](=O)[O-])c1N=[N+]=[N-]. The lowest BCUT2D eigenvalue weighted by atomic mass is 10.4. The Kier molecular flexibility index (Phi) is 3.25. The maximum Gasteiger partial charge on any atom is 0.319 e. The highest BCUT2D eigenvalue weighted by Crippen LogP contribution is 2.30. The van der Waals surface area contributed by atoms with Crippen LogP contribution in [0.25, 0.3) is 10.4 Å². The molecular weight excluding hydrogens is 200 g/mol. The molecule has 8 heteroatoms. The molecule has 1 heterocycles. The Bertz CT molecular complexity index is 431. The summed E-state index contributed by atoms with van der Waals surface area (Å²) in [5.41, 5.74) is 8.36. The van der Waals surface area contributed by atoms with Crippen molar-refractivity contribution in [2.24, 2.45) is 5.11 Å². The van der Waals surface area contributed by atoms with Gasteiger partial charge in [-0.2, -0.15) is 5.10 Å². The van der Waals surface area contributed by atoms with Crippen molar-refractivity contribution in [1.82, 2.24) is 9.78 Å². The van der Waals surface area contributed by atoms with Gasteiger partial charge in [-0.3, -0.25) is 14.8 Å². The minimum atomic E-state index is -0.585. The van der Waals surface area contributed by atoms with Gasteiger partial charge in [-0.15, -0.1) is 0 Å². The summed E-state index contributed by atoms with van der Waals surface area (Å²) < 4.78 is 1.35. The van der Waals surface area contributed by atoms with E-state index in [1.165, 1.54) is 11.6 Å². The molecule has 0 bridgehead atoms. The van der Waals surface area contributed by atoms with Crippen molar-refractivity contribution in [3.8, 4) is 0 Å². The summed E-state index contributed by atoms with van der Waals surface area (Å²) in [5.74, 6) is -0.0261. The maximum atomic E-state index is 10.7. The van der Waals surface area contributed by atoms with Gasteiger partial charge in [-0.1, -0.05) is 6.92 Å². The zero-order chi connectivity index (χ0) is 11.4. The van der Waals surface area contributed by atoms with E-state index in [1.807, 2.05) is 6.92 Å². The topological polar surface area (TPSA) is 110 Å². The molecule has 0 saturated heterocycles. The molecule has 8 nitrogen and oxygen atoms in total. The van der Waals surface area contributed by atoms with E-state index in [2.05, 4.69) is 15.1 Å². The molecule has 0 unspecified atom stereocenters. The van der Waals surface area contributed by atoms with E-state index < -0.39 is 4.92 Å². The van der Waals surface area contributed by atoms with Crippen LogP contribution in [-0.4, -0.2) is 14.7 Å². The number of nitrogens with zero attached hydrogens (tertiary/aromatic N) is 6. The molecule has 1 aromatic rings. The van der Waals surface area contributed by atoms with Crippen molar-refractivity contribution < 1.29 is 4.92 Å². The van der Waals surface area contributed by atoms with E-state index in [1.54, 1.807) is 0 Å². The number of rotatable bonds is 4. The average Bonchev–Trinajstić information content (AvgIpc) is 2.44. The first-order valence-corrected chi connectivity index (χ1v) is 4.38. The number of hydrogen-bond acceptors (Lipinski definition) is 4. The molecule has 0 aliphatic heterocycles. The Labute approximate surface area is 85.3 Å². The summed E-state index contributed by atoms with van der Waals surface area (Å²) in [6.07, 6.45) is 0.756. The van der Waals surface area contributed by atoms with Gasteiger partial charge in [-0.05, 0) is 24.0 Å². The number of aryl methyl sites for hydroxylation is 2. The summed E-state index contributed by atoms with van der Waals surface area (Å²) in [6, 6.07) is 0.